The van der Waals surface area contributed by atoms with E-state index >= 15 is 0 Å². The van der Waals surface area contributed by atoms with E-state index in [2.05, 4.69) is 16.4 Å². The largest absolute Gasteiger partial charge is 0.363 e. The third-order valence-electron chi connectivity index (χ3n) is 2.01. The number of nitrogens with zero attached hydrogens (tertiary/aromatic N) is 2. The van der Waals surface area contributed by atoms with Crippen LogP contribution in [0.2, 0.25) is 0 Å². The van der Waals surface area contributed by atoms with Gasteiger partial charge in [-0.15, -0.1) is 0 Å². The van der Waals surface area contributed by atoms with E-state index in [4.69, 9.17) is 0 Å². The third-order valence-corrected chi connectivity index (χ3v) is 2.01. The number of hydrogen-bond acceptors (Lipinski definition) is 3. The Morgan fingerprint density at radius 1 is 1.38 bits per heavy atom. The highest BCUT2D eigenvalue weighted by Gasteiger charge is 2.01. The normalized spacial score (nSPS) is 10.2. The molecule has 0 unspecified atom stereocenters. The van der Waals surface area contributed by atoms with Crippen molar-refractivity contribution < 1.29 is 0 Å². The summed E-state index contributed by atoms with van der Waals surface area (Å²) in [5.41, 5.74) is 2.36. The van der Waals surface area contributed by atoms with Crippen molar-refractivity contribution in [3.05, 3.63) is 23.4 Å². The van der Waals surface area contributed by atoms with Gasteiger partial charge in [0.1, 0.15) is 5.82 Å². The molecule has 0 spiro atoms. The number of rotatable bonds is 3. The number of aromatic nitrogens is 1. The summed E-state index contributed by atoms with van der Waals surface area (Å²) in [6.45, 7) is 2.92. The monoisotopic (exact) mass is 179 g/mol. The second-order valence-corrected chi connectivity index (χ2v) is 3.34. The standard InChI is InChI=1S/C10H17N3/c1-8-9(7-11-2)5-6-10(12-8)13(3)4/h5-6,11H,7H2,1-4H3. The van der Waals surface area contributed by atoms with E-state index in [9.17, 15) is 0 Å². The van der Waals surface area contributed by atoms with Crippen molar-refractivity contribution in [2.45, 2.75) is 13.5 Å². The highest BCUT2D eigenvalue weighted by atomic mass is 15.1. The van der Waals surface area contributed by atoms with Gasteiger partial charge < -0.3 is 10.2 Å². The first-order valence-electron chi connectivity index (χ1n) is 4.43. The summed E-state index contributed by atoms with van der Waals surface area (Å²) in [6, 6.07) is 4.16. The van der Waals surface area contributed by atoms with Crippen molar-refractivity contribution in [1.29, 1.82) is 0 Å². The van der Waals surface area contributed by atoms with Crippen LogP contribution >= 0.6 is 0 Å². The van der Waals surface area contributed by atoms with Gasteiger partial charge in [-0.1, -0.05) is 6.07 Å². The lowest BCUT2D eigenvalue weighted by Gasteiger charge is -2.13. The lowest BCUT2D eigenvalue weighted by molar-refractivity contribution is 0.803. The first-order chi connectivity index (χ1) is 6.15. The zero-order valence-electron chi connectivity index (χ0n) is 8.76. The van der Waals surface area contributed by atoms with Gasteiger partial charge in [0.15, 0.2) is 0 Å². The van der Waals surface area contributed by atoms with Crippen LogP contribution < -0.4 is 10.2 Å². The molecule has 0 fully saturated rings. The number of nitrogens with one attached hydrogen (secondary N) is 1. The Hall–Kier alpha value is -1.09. The summed E-state index contributed by atoms with van der Waals surface area (Å²) in [5, 5.41) is 3.12. The van der Waals surface area contributed by atoms with Crippen LogP contribution in [-0.4, -0.2) is 26.1 Å². The molecule has 3 heteroatoms. The molecule has 0 amide bonds. The fourth-order valence-corrected chi connectivity index (χ4v) is 1.20. The topological polar surface area (TPSA) is 28.2 Å². The quantitative estimate of drug-likeness (QED) is 0.755. The zero-order chi connectivity index (χ0) is 9.84. The van der Waals surface area contributed by atoms with E-state index in [1.165, 1.54) is 5.56 Å². The summed E-state index contributed by atoms with van der Waals surface area (Å²) < 4.78 is 0. The predicted octanol–water partition coefficient (Wildman–Crippen LogP) is 1.18. The molecule has 1 heterocycles. The van der Waals surface area contributed by atoms with E-state index in [-0.39, 0.29) is 0 Å². The van der Waals surface area contributed by atoms with Crippen molar-refractivity contribution >= 4 is 5.82 Å². The highest BCUT2D eigenvalue weighted by molar-refractivity contribution is 5.39. The SMILES string of the molecule is CNCc1ccc(N(C)C)nc1C. The minimum atomic E-state index is 0.881. The van der Waals surface area contributed by atoms with Crippen molar-refractivity contribution in [2.75, 3.05) is 26.0 Å². The second kappa shape index (κ2) is 4.23. The molecule has 0 aliphatic carbocycles. The van der Waals surface area contributed by atoms with E-state index in [0.29, 0.717) is 0 Å². The van der Waals surface area contributed by atoms with E-state index < -0.39 is 0 Å². The summed E-state index contributed by atoms with van der Waals surface area (Å²) >= 11 is 0. The van der Waals surface area contributed by atoms with E-state index in [1.54, 1.807) is 0 Å². The first-order valence-corrected chi connectivity index (χ1v) is 4.43. The van der Waals surface area contributed by atoms with Gasteiger partial charge in [0.2, 0.25) is 0 Å². The predicted molar refractivity (Wildman–Crippen MR) is 56.1 cm³/mol. The second-order valence-electron chi connectivity index (χ2n) is 3.34. The molecule has 1 aromatic rings. The molecule has 0 saturated carbocycles. The lowest BCUT2D eigenvalue weighted by Crippen LogP contribution is -2.13. The highest BCUT2D eigenvalue weighted by Crippen LogP contribution is 2.11. The molecule has 0 bridgehead atoms. The fourth-order valence-electron chi connectivity index (χ4n) is 1.20. The average molecular weight is 179 g/mol. The number of pyridine rings is 1. The maximum atomic E-state index is 4.48. The molecule has 0 aliphatic heterocycles. The molecule has 0 aromatic carbocycles. The molecule has 0 saturated heterocycles. The van der Waals surface area contributed by atoms with Crippen LogP contribution in [-0.2, 0) is 6.54 Å². The fraction of sp³-hybridized carbons (Fsp3) is 0.500. The number of aryl methyl sites for hydroxylation is 1. The molecule has 1 N–H and O–H groups in total. The van der Waals surface area contributed by atoms with Gasteiger partial charge in [-0.2, -0.15) is 0 Å². The summed E-state index contributed by atoms with van der Waals surface area (Å²) in [5.74, 6) is 1.01. The van der Waals surface area contributed by atoms with Gasteiger partial charge in [-0.25, -0.2) is 4.98 Å². The van der Waals surface area contributed by atoms with E-state index in [1.807, 2.05) is 39.0 Å². The van der Waals surface area contributed by atoms with Crippen molar-refractivity contribution in [3.8, 4) is 0 Å². The van der Waals surface area contributed by atoms with Gasteiger partial charge in [0.05, 0.1) is 0 Å². The smallest absolute Gasteiger partial charge is 0.128 e. The van der Waals surface area contributed by atoms with Gasteiger partial charge in [-0.05, 0) is 25.6 Å². The molecule has 13 heavy (non-hydrogen) atoms. The van der Waals surface area contributed by atoms with E-state index in [0.717, 1.165) is 18.1 Å². The Morgan fingerprint density at radius 2 is 2.08 bits per heavy atom. The van der Waals surface area contributed by atoms with Gasteiger partial charge in [0, 0.05) is 26.3 Å². The van der Waals surface area contributed by atoms with Crippen LogP contribution in [0, 0.1) is 6.92 Å². The molecular weight excluding hydrogens is 162 g/mol. The molecule has 3 nitrogen and oxygen atoms in total. The summed E-state index contributed by atoms with van der Waals surface area (Å²) in [7, 11) is 5.94. The van der Waals surface area contributed by atoms with Gasteiger partial charge in [-0.3, -0.25) is 0 Å². The van der Waals surface area contributed by atoms with Gasteiger partial charge in [0.25, 0.3) is 0 Å². The zero-order valence-corrected chi connectivity index (χ0v) is 8.76. The number of hydrogen-bond donors (Lipinski definition) is 1. The lowest BCUT2D eigenvalue weighted by atomic mass is 10.2. The van der Waals surface area contributed by atoms with Crippen LogP contribution in [0.5, 0.6) is 0 Å². The molecule has 72 valence electrons. The molecule has 0 aliphatic rings. The minimum Gasteiger partial charge on any atom is -0.363 e. The van der Waals surface area contributed by atoms with Crippen molar-refractivity contribution in [3.63, 3.8) is 0 Å². The Bertz CT molecular complexity index is 281. The summed E-state index contributed by atoms with van der Waals surface area (Å²) in [4.78, 5) is 6.49. The van der Waals surface area contributed by atoms with Crippen LogP contribution in [0.1, 0.15) is 11.3 Å². The Balaban J connectivity index is 2.92. The van der Waals surface area contributed by atoms with Gasteiger partial charge >= 0.3 is 0 Å². The van der Waals surface area contributed by atoms with Crippen molar-refractivity contribution in [2.24, 2.45) is 0 Å². The Kier molecular flexibility index (Phi) is 3.25. The van der Waals surface area contributed by atoms with Crippen LogP contribution in [0.15, 0.2) is 12.1 Å². The number of anilines is 1. The molecule has 1 rings (SSSR count). The molecule has 0 radical (unpaired) electrons. The summed E-state index contributed by atoms with van der Waals surface area (Å²) in [6.07, 6.45) is 0. The third kappa shape index (κ3) is 2.42. The molecule has 1 aromatic heterocycles. The van der Waals surface area contributed by atoms with Crippen LogP contribution in [0.4, 0.5) is 5.82 Å². The first kappa shape index (κ1) is 9.99. The van der Waals surface area contributed by atoms with Crippen LogP contribution in [0.3, 0.4) is 0 Å². The molecular formula is C10H17N3. The minimum absolute atomic E-state index is 0.881. The maximum Gasteiger partial charge on any atom is 0.128 e. The van der Waals surface area contributed by atoms with Crippen molar-refractivity contribution in [1.82, 2.24) is 10.3 Å². The average Bonchev–Trinajstić information content (AvgIpc) is 2.08. The Morgan fingerprint density at radius 3 is 2.54 bits per heavy atom. The Labute approximate surface area is 79.8 Å². The van der Waals surface area contributed by atoms with Crippen LogP contribution in [0.25, 0.3) is 0 Å². The molecule has 0 atom stereocenters. The maximum absolute atomic E-state index is 4.48.